The van der Waals surface area contributed by atoms with Gasteiger partial charge in [0.05, 0.1) is 0 Å². The zero-order valence-electron chi connectivity index (χ0n) is 12.7. The maximum absolute atomic E-state index is 3.65. The van der Waals surface area contributed by atoms with E-state index in [0.29, 0.717) is 6.04 Å². The van der Waals surface area contributed by atoms with Gasteiger partial charge in [-0.2, -0.15) is 0 Å². The van der Waals surface area contributed by atoms with E-state index in [4.69, 9.17) is 0 Å². The van der Waals surface area contributed by atoms with Crippen molar-refractivity contribution >= 4 is 0 Å². The fraction of sp³-hybridized carbons (Fsp3) is 0.647. The Morgan fingerprint density at radius 3 is 2.47 bits per heavy atom. The highest BCUT2D eigenvalue weighted by Crippen LogP contribution is 2.20. The van der Waals surface area contributed by atoms with Gasteiger partial charge in [0.2, 0.25) is 0 Å². The first-order valence-corrected chi connectivity index (χ1v) is 7.73. The Labute approximate surface area is 118 Å². The summed E-state index contributed by atoms with van der Waals surface area (Å²) in [5.74, 6) is 0. The van der Waals surface area contributed by atoms with Crippen LogP contribution in [0.1, 0.15) is 48.9 Å². The molecule has 1 aliphatic rings. The quantitative estimate of drug-likeness (QED) is 0.872. The van der Waals surface area contributed by atoms with Gasteiger partial charge < -0.3 is 10.2 Å². The first-order valence-electron chi connectivity index (χ1n) is 7.73. The van der Waals surface area contributed by atoms with Crippen molar-refractivity contribution in [3.8, 4) is 0 Å². The Balaban J connectivity index is 2.07. The Hall–Kier alpha value is -0.860. The fourth-order valence-corrected chi connectivity index (χ4v) is 2.92. The third-order valence-corrected chi connectivity index (χ3v) is 4.27. The standard InChI is InChI=1S/C17H28N2/c1-4-18-17(13-19-10-6-5-7-11-19)16-9-8-14(2)15(3)12-16/h8-9,12,17-18H,4-7,10-11,13H2,1-3H3. The lowest BCUT2D eigenvalue weighted by molar-refractivity contribution is 0.206. The molecule has 1 heterocycles. The van der Waals surface area contributed by atoms with Gasteiger partial charge in [0.15, 0.2) is 0 Å². The Morgan fingerprint density at radius 1 is 1.11 bits per heavy atom. The van der Waals surface area contributed by atoms with Crippen LogP contribution in [-0.2, 0) is 0 Å². The molecule has 1 aliphatic heterocycles. The van der Waals surface area contributed by atoms with E-state index in [1.807, 2.05) is 0 Å². The number of likely N-dealkylation sites (tertiary alicyclic amines) is 1. The summed E-state index contributed by atoms with van der Waals surface area (Å²) in [6.07, 6.45) is 4.14. The molecule has 0 radical (unpaired) electrons. The van der Waals surface area contributed by atoms with Crippen LogP contribution in [0.3, 0.4) is 0 Å². The first kappa shape index (κ1) is 14.5. The molecule has 1 atom stereocenters. The monoisotopic (exact) mass is 260 g/mol. The molecule has 1 N–H and O–H groups in total. The Morgan fingerprint density at radius 2 is 1.84 bits per heavy atom. The van der Waals surface area contributed by atoms with Crippen molar-refractivity contribution in [1.29, 1.82) is 0 Å². The van der Waals surface area contributed by atoms with Crippen LogP contribution in [0.5, 0.6) is 0 Å². The molecule has 1 saturated heterocycles. The lowest BCUT2D eigenvalue weighted by Gasteiger charge is -2.31. The fourth-order valence-electron chi connectivity index (χ4n) is 2.92. The number of nitrogens with one attached hydrogen (secondary N) is 1. The lowest BCUT2D eigenvalue weighted by Crippen LogP contribution is -2.38. The Bertz CT molecular complexity index is 394. The third-order valence-electron chi connectivity index (χ3n) is 4.27. The van der Waals surface area contributed by atoms with E-state index in [9.17, 15) is 0 Å². The van der Waals surface area contributed by atoms with Crippen molar-refractivity contribution in [3.63, 3.8) is 0 Å². The summed E-state index contributed by atoms with van der Waals surface area (Å²) in [5.41, 5.74) is 4.23. The number of aryl methyl sites for hydroxylation is 2. The highest BCUT2D eigenvalue weighted by Gasteiger charge is 2.17. The van der Waals surface area contributed by atoms with E-state index >= 15 is 0 Å². The SMILES string of the molecule is CCNC(CN1CCCCC1)c1ccc(C)c(C)c1. The van der Waals surface area contributed by atoms with Gasteiger partial charge in [0.25, 0.3) is 0 Å². The highest BCUT2D eigenvalue weighted by molar-refractivity contribution is 5.31. The van der Waals surface area contributed by atoms with Gasteiger partial charge >= 0.3 is 0 Å². The van der Waals surface area contributed by atoms with Crippen molar-refractivity contribution < 1.29 is 0 Å². The summed E-state index contributed by atoms with van der Waals surface area (Å²) in [4.78, 5) is 2.62. The van der Waals surface area contributed by atoms with E-state index in [2.05, 4.69) is 49.2 Å². The van der Waals surface area contributed by atoms with Gasteiger partial charge in [-0.15, -0.1) is 0 Å². The van der Waals surface area contributed by atoms with Crippen LogP contribution in [-0.4, -0.2) is 31.1 Å². The number of hydrogen-bond donors (Lipinski definition) is 1. The molecule has 1 unspecified atom stereocenters. The molecule has 19 heavy (non-hydrogen) atoms. The topological polar surface area (TPSA) is 15.3 Å². The molecule has 0 aliphatic carbocycles. The number of nitrogens with zero attached hydrogens (tertiary/aromatic N) is 1. The van der Waals surface area contributed by atoms with E-state index in [1.165, 1.54) is 49.0 Å². The molecule has 0 bridgehead atoms. The summed E-state index contributed by atoms with van der Waals surface area (Å²) in [5, 5.41) is 3.65. The maximum Gasteiger partial charge on any atom is 0.0449 e. The molecule has 2 nitrogen and oxygen atoms in total. The van der Waals surface area contributed by atoms with Crippen molar-refractivity contribution in [3.05, 3.63) is 34.9 Å². The summed E-state index contributed by atoms with van der Waals surface area (Å²) >= 11 is 0. The number of benzene rings is 1. The molecule has 0 spiro atoms. The van der Waals surface area contributed by atoms with E-state index in [-0.39, 0.29) is 0 Å². The molecule has 1 fully saturated rings. The molecule has 106 valence electrons. The van der Waals surface area contributed by atoms with Crippen LogP contribution in [0.25, 0.3) is 0 Å². The zero-order chi connectivity index (χ0) is 13.7. The van der Waals surface area contributed by atoms with Gasteiger partial charge in [0.1, 0.15) is 0 Å². The van der Waals surface area contributed by atoms with Crippen molar-refractivity contribution in [1.82, 2.24) is 10.2 Å². The lowest BCUT2D eigenvalue weighted by atomic mass is 10.00. The number of rotatable bonds is 5. The second-order valence-electron chi connectivity index (χ2n) is 5.82. The highest BCUT2D eigenvalue weighted by atomic mass is 15.1. The summed E-state index contributed by atoms with van der Waals surface area (Å²) < 4.78 is 0. The minimum absolute atomic E-state index is 0.474. The molecule has 2 heteroatoms. The predicted octanol–water partition coefficient (Wildman–Crippen LogP) is 3.44. The van der Waals surface area contributed by atoms with Crippen molar-refractivity contribution in [2.75, 3.05) is 26.2 Å². The van der Waals surface area contributed by atoms with Crippen LogP contribution < -0.4 is 5.32 Å². The second-order valence-corrected chi connectivity index (χ2v) is 5.82. The molecule has 1 aromatic carbocycles. The minimum Gasteiger partial charge on any atom is -0.309 e. The van der Waals surface area contributed by atoms with E-state index in [0.717, 1.165) is 13.1 Å². The maximum atomic E-state index is 3.65. The van der Waals surface area contributed by atoms with Crippen molar-refractivity contribution in [2.45, 2.75) is 46.1 Å². The second kappa shape index (κ2) is 7.06. The molecule has 0 amide bonds. The average Bonchev–Trinajstić information content (AvgIpc) is 2.43. The Kier molecular flexibility index (Phi) is 5.41. The zero-order valence-corrected chi connectivity index (χ0v) is 12.7. The molecular weight excluding hydrogens is 232 g/mol. The van der Waals surface area contributed by atoms with Crippen LogP contribution in [0, 0.1) is 13.8 Å². The molecule has 0 saturated carbocycles. The van der Waals surface area contributed by atoms with Crippen molar-refractivity contribution in [2.24, 2.45) is 0 Å². The first-order chi connectivity index (χ1) is 9.20. The number of likely N-dealkylation sites (N-methyl/N-ethyl adjacent to an activating group) is 1. The van der Waals surface area contributed by atoms with Gasteiger partial charge in [-0.3, -0.25) is 0 Å². The van der Waals surface area contributed by atoms with Crippen LogP contribution >= 0.6 is 0 Å². The number of piperidine rings is 1. The van der Waals surface area contributed by atoms with Crippen LogP contribution in [0.4, 0.5) is 0 Å². The van der Waals surface area contributed by atoms with Gasteiger partial charge in [-0.05, 0) is 63.0 Å². The van der Waals surface area contributed by atoms with Crippen LogP contribution in [0.15, 0.2) is 18.2 Å². The van der Waals surface area contributed by atoms with Gasteiger partial charge in [-0.1, -0.05) is 31.5 Å². The summed E-state index contributed by atoms with van der Waals surface area (Å²) in [7, 11) is 0. The van der Waals surface area contributed by atoms with E-state index in [1.54, 1.807) is 0 Å². The normalized spacial score (nSPS) is 18.5. The third kappa shape index (κ3) is 4.05. The minimum atomic E-state index is 0.474. The molecule has 0 aromatic heterocycles. The molecule has 2 rings (SSSR count). The molecular formula is C17H28N2. The van der Waals surface area contributed by atoms with E-state index < -0.39 is 0 Å². The smallest absolute Gasteiger partial charge is 0.0449 e. The van der Waals surface area contributed by atoms with Gasteiger partial charge in [0, 0.05) is 12.6 Å². The molecule has 1 aromatic rings. The largest absolute Gasteiger partial charge is 0.309 e. The summed E-state index contributed by atoms with van der Waals surface area (Å²) in [6, 6.07) is 7.37. The average molecular weight is 260 g/mol. The number of hydrogen-bond acceptors (Lipinski definition) is 2. The van der Waals surface area contributed by atoms with Crippen LogP contribution in [0.2, 0.25) is 0 Å². The predicted molar refractivity (Wildman–Crippen MR) is 82.6 cm³/mol. The summed E-state index contributed by atoms with van der Waals surface area (Å²) in [6.45, 7) is 11.3. The van der Waals surface area contributed by atoms with Gasteiger partial charge in [-0.25, -0.2) is 0 Å².